The van der Waals surface area contributed by atoms with Crippen LogP contribution in [0.1, 0.15) is 17.3 Å². The summed E-state index contributed by atoms with van der Waals surface area (Å²) in [5.74, 6) is 0.0941. The summed E-state index contributed by atoms with van der Waals surface area (Å²) < 4.78 is 6.42. The van der Waals surface area contributed by atoms with E-state index in [1.165, 1.54) is 13.0 Å². The molecule has 1 aromatic heterocycles. The van der Waals surface area contributed by atoms with Crippen LogP contribution in [0.25, 0.3) is 11.3 Å². The Labute approximate surface area is 161 Å². The van der Waals surface area contributed by atoms with Gasteiger partial charge in [0.2, 0.25) is 5.91 Å². The van der Waals surface area contributed by atoms with Gasteiger partial charge in [0.1, 0.15) is 12.3 Å². The number of nitrogens with zero attached hydrogens (tertiary/aromatic N) is 2. The van der Waals surface area contributed by atoms with Gasteiger partial charge in [0.25, 0.3) is 5.56 Å². The van der Waals surface area contributed by atoms with Crippen LogP contribution < -0.4 is 15.6 Å². The van der Waals surface area contributed by atoms with Crippen molar-refractivity contribution in [2.24, 2.45) is 0 Å². The summed E-state index contributed by atoms with van der Waals surface area (Å²) in [6.07, 6.45) is 0. The highest BCUT2D eigenvalue weighted by Crippen LogP contribution is 2.27. The van der Waals surface area contributed by atoms with Crippen molar-refractivity contribution in [1.82, 2.24) is 9.78 Å². The number of rotatable bonds is 6. The number of ether oxygens (including phenoxy) is 1. The number of aromatic nitrogens is 2. The Bertz CT molecular complexity index is 1090. The fourth-order valence-corrected chi connectivity index (χ4v) is 2.71. The molecule has 7 heteroatoms. The Morgan fingerprint density at radius 3 is 2.61 bits per heavy atom. The van der Waals surface area contributed by atoms with Gasteiger partial charge in [-0.1, -0.05) is 24.3 Å². The van der Waals surface area contributed by atoms with Crippen LogP contribution in [-0.2, 0) is 11.3 Å². The molecule has 142 valence electrons. The second-order valence-corrected chi connectivity index (χ2v) is 6.10. The van der Waals surface area contributed by atoms with E-state index < -0.39 is 11.5 Å². The summed E-state index contributed by atoms with van der Waals surface area (Å²) in [6, 6.07) is 16.8. The van der Waals surface area contributed by atoms with Crippen molar-refractivity contribution >= 4 is 17.4 Å². The number of hydrogen-bond donors (Lipinski definition) is 1. The van der Waals surface area contributed by atoms with E-state index in [1.54, 1.807) is 43.5 Å². The number of carbonyl (C=O) groups excluding carboxylic acids is 2. The second-order valence-electron chi connectivity index (χ2n) is 6.10. The molecule has 0 spiro atoms. The quantitative estimate of drug-likeness (QED) is 0.667. The molecule has 0 radical (unpaired) electrons. The van der Waals surface area contributed by atoms with E-state index in [9.17, 15) is 14.4 Å². The Balaban J connectivity index is 1.82. The zero-order valence-corrected chi connectivity index (χ0v) is 15.5. The molecule has 28 heavy (non-hydrogen) atoms. The molecule has 1 amide bonds. The molecule has 0 bridgehead atoms. The molecular weight excluding hydrogens is 358 g/mol. The summed E-state index contributed by atoms with van der Waals surface area (Å²) in [5, 5.41) is 6.97. The van der Waals surface area contributed by atoms with Gasteiger partial charge in [-0.15, -0.1) is 0 Å². The van der Waals surface area contributed by atoms with Crippen LogP contribution in [-0.4, -0.2) is 28.6 Å². The lowest BCUT2D eigenvalue weighted by Gasteiger charge is -2.10. The van der Waals surface area contributed by atoms with E-state index in [0.717, 1.165) is 4.68 Å². The highest BCUT2D eigenvalue weighted by atomic mass is 16.5. The Kier molecular flexibility index (Phi) is 5.64. The fourth-order valence-electron chi connectivity index (χ4n) is 2.71. The van der Waals surface area contributed by atoms with E-state index in [0.29, 0.717) is 28.3 Å². The topological polar surface area (TPSA) is 90.3 Å². The molecular formula is C21H19N3O4. The molecule has 0 aliphatic heterocycles. The van der Waals surface area contributed by atoms with Crippen LogP contribution in [0.3, 0.4) is 0 Å². The summed E-state index contributed by atoms with van der Waals surface area (Å²) in [4.78, 5) is 36.0. The number of amides is 1. The molecule has 3 aromatic rings. The Hall–Kier alpha value is -3.74. The molecule has 3 rings (SSSR count). The highest BCUT2D eigenvalue weighted by molar-refractivity contribution is 5.97. The first-order chi connectivity index (χ1) is 13.5. The largest absolute Gasteiger partial charge is 0.496 e. The van der Waals surface area contributed by atoms with Crippen LogP contribution in [0, 0.1) is 0 Å². The van der Waals surface area contributed by atoms with Crippen LogP contribution in [0.15, 0.2) is 65.5 Å². The fraction of sp³-hybridized carbons (Fsp3) is 0.143. The number of anilines is 1. The molecule has 2 aromatic carbocycles. The number of ketones is 1. The summed E-state index contributed by atoms with van der Waals surface area (Å²) >= 11 is 0. The first-order valence-corrected chi connectivity index (χ1v) is 8.60. The highest BCUT2D eigenvalue weighted by Gasteiger charge is 2.11. The normalized spacial score (nSPS) is 10.4. The van der Waals surface area contributed by atoms with E-state index >= 15 is 0 Å². The third-order valence-corrected chi connectivity index (χ3v) is 4.10. The average Bonchev–Trinajstić information content (AvgIpc) is 2.69. The standard InChI is InChI=1S/C21H19N3O4/c1-14(25)15-6-5-7-16(12-15)22-20(26)13-24-21(27)11-10-18(23-24)17-8-3-4-9-19(17)28-2/h3-12H,13H2,1-2H3,(H,22,26). The van der Waals surface area contributed by atoms with Gasteiger partial charge in [-0.05, 0) is 37.3 Å². The molecule has 1 N–H and O–H groups in total. The Morgan fingerprint density at radius 1 is 1.07 bits per heavy atom. The van der Waals surface area contributed by atoms with Crippen molar-refractivity contribution in [2.75, 3.05) is 12.4 Å². The third-order valence-electron chi connectivity index (χ3n) is 4.10. The average molecular weight is 377 g/mol. The lowest BCUT2D eigenvalue weighted by molar-refractivity contribution is -0.117. The lowest BCUT2D eigenvalue weighted by atomic mass is 10.1. The smallest absolute Gasteiger partial charge is 0.267 e. The van der Waals surface area contributed by atoms with E-state index in [-0.39, 0.29) is 12.3 Å². The summed E-state index contributed by atoms with van der Waals surface area (Å²) in [5.41, 5.74) is 1.81. The molecule has 0 atom stereocenters. The van der Waals surface area contributed by atoms with Crippen molar-refractivity contribution in [2.45, 2.75) is 13.5 Å². The van der Waals surface area contributed by atoms with Gasteiger partial charge in [0.15, 0.2) is 5.78 Å². The molecule has 0 saturated heterocycles. The zero-order chi connectivity index (χ0) is 20.1. The molecule has 0 unspecified atom stereocenters. The maximum atomic E-state index is 12.4. The number of methoxy groups -OCH3 is 1. The van der Waals surface area contributed by atoms with Crippen molar-refractivity contribution in [3.63, 3.8) is 0 Å². The number of Topliss-reactive ketones (excluding diaryl/α,β-unsaturated/α-hetero) is 1. The predicted molar refractivity (Wildman–Crippen MR) is 106 cm³/mol. The summed E-state index contributed by atoms with van der Waals surface area (Å²) in [7, 11) is 1.55. The van der Waals surface area contributed by atoms with Gasteiger partial charge in [-0.25, -0.2) is 4.68 Å². The van der Waals surface area contributed by atoms with Gasteiger partial charge in [0.05, 0.1) is 12.8 Å². The van der Waals surface area contributed by atoms with Crippen molar-refractivity contribution in [3.8, 4) is 17.0 Å². The molecule has 0 aliphatic carbocycles. The Morgan fingerprint density at radius 2 is 1.86 bits per heavy atom. The van der Waals surface area contributed by atoms with E-state index in [2.05, 4.69) is 10.4 Å². The minimum atomic E-state index is -0.424. The number of para-hydroxylation sites is 1. The van der Waals surface area contributed by atoms with Crippen molar-refractivity contribution < 1.29 is 14.3 Å². The van der Waals surface area contributed by atoms with E-state index in [1.807, 2.05) is 18.2 Å². The molecule has 7 nitrogen and oxygen atoms in total. The van der Waals surface area contributed by atoms with Crippen LogP contribution >= 0.6 is 0 Å². The first-order valence-electron chi connectivity index (χ1n) is 8.60. The van der Waals surface area contributed by atoms with Crippen LogP contribution in [0.5, 0.6) is 5.75 Å². The van der Waals surface area contributed by atoms with Crippen molar-refractivity contribution in [3.05, 3.63) is 76.6 Å². The van der Waals surface area contributed by atoms with Crippen molar-refractivity contribution in [1.29, 1.82) is 0 Å². The third kappa shape index (κ3) is 4.32. The van der Waals surface area contributed by atoms with Gasteiger partial charge in [-0.2, -0.15) is 5.10 Å². The van der Waals surface area contributed by atoms with E-state index in [4.69, 9.17) is 4.74 Å². The minimum absolute atomic E-state index is 0.0986. The lowest BCUT2D eigenvalue weighted by Crippen LogP contribution is -2.29. The monoisotopic (exact) mass is 377 g/mol. The zero-order valence-electron chi connectivity index (χ0n) is 15.5. The number of nitrogens with one attached hydrogen (secondary N) is 1. The SMILES string of the molecule is COc1ccccc1-c1ccc(=O)n(CC(=O)Nc2cccc(C(C)=O)c2)n1. The van der Waals surface area contributed by atoms with Gasteiger partial charge < -0.3 is 10.1 Å². The number of hydrogen-bond acceptors (Lipinski definition) is 5. The second kappa shape index (κ2) is 8.30. The number of carbonyl (C=O) groups is 2. The first kappa shape index (κ1) is 19.0. The van der Waals surface area contributed by atoms with Crippen LogP contribution in [0.2, 0.25) is 0 Å². The maximum Gasteiger partial charge on any atom is 0.267 e. The van der Waals surface area contributed by atoms with Gasteiger partial charge >= 0.3 is 0 Å². The number of benzene rings is 2. The molecule has 1 heterocycles. The van der Waals surface area contributed by atoms with Crippen LogP contribution in [0.4, 0.5) is 5.69 Å². The maximum absolute atomic E-state index is 12.4. The molecule has 0 fully saturated rings. The van der Waals surface area contributed by atoms with Gasteiger partial charge in [-0.3, -0.25) is 14.4 Å². The minimum Gasteiger partial charge on any atom is -0.496 e. The van der Waals surface area contributed by atoms with Gasteiger partial charge in [0, 0.05) is 22.9 Å². The molecule has 0 aliphatic rings. The summed E-state index contributed by atoms with van der Waals surface area (Å²) in [6.45, 7) is 1.19. The predicted octanol–water partition coefficient (Wildman–Crippen LogP) is 2.76. The molecule has 0 saturated carbocycles.